The predicted molar refractivity (Wildman–Crippen MR) is 74.1 cm³/mol. The molecule has 0 saturated carbocycles. The maximum atomic E-state index is 12.4. The molecular formula is C13H25ClN2O2. The van der Waals surface area contributed by atoms with Gasteiger partial charge in [-0.25, -0.2) is 0 Å². The summed E-state index contributed by atoms with van der Waals surface area (Å²) in [4.78, 5) is 14.4. The van der Waals surface area contributed by atoms with Crippen molar-refractivity contribution in [3.05, 3.63) is 0 Å². The molecule has 0 aromatic carbocycles. The van der Waals surface area contributed by atoms with E-state index in [1.165, 1.54) is 0 Å². The SMILES string of the molecule is CCN(CC1CCCO1)C(=O)C1CCNCC1.Cl. The molecule has 0 aromatic heterocycles. The van der Waals surface area contributed by atoms with Crippen molar-refractivity contribution in [1.82, 2.24) is 10.2 Å². The van der Waals surface area contributed by atoms with Gasteiger partial charge < -0.3 is 15.0 Å². The van der Waals surface area contributed by atoms with Crippen LogP contribution >= 0.6 is 12.4 Å². The molecule has 2 fully saturated rings. The molecule has 1 amide bonds. The number of carbonyl (C=O) groups is 1. The van der Waals surface area contributed by atoms with Crippen LogP contribution in [0.4, 0.5) is 0 Å². The summed E-state index contributed by atoms with van der Waals surface area (Å²) in [6.07, 6.45) is 4.50. The zero-order chi connectivity index (χ0) is 12.1. The highest BCUT2D eigenvalue weighted by Crippen LogP contribution is 2.18. The van der Waals surface area contributed by atoms with Gasteiger partial charge in [-0.1, -0.05) is 0 Å². The Morgan fingerprint density at radius 2 is 2.06 bits per heavy atom. The minimum Gasteiger partial charge on any atom is -0.376 e. The molecule has 0 aliphatic carbocycles. The highest BCUT2D eigenvalue weighted by molar-refractivity contribution is 5.85. The van der Waals surface area contributed by atoms with Crippen molar-refractivity contribution in [2.75, 3.05) is 32.8 Å². The van der Waals surface area contributed by atoms with Gasteiger partial charge in [-0.05, 0) is 45.7 Å². The second-order valence-electron chi connectivity index (χ2n) is 5.04. The Labute approximate surface area is 116 Å². The number of piperidine rings is 1. The first-order valence-electron chi connectivity index (χ1n) is 6.92. The predicted octanol–water partition coefficient (Wildman–Crippen LogP) is 1.44. The number of nitrogens with zero attached hydrogens (tertiary/aromatic N) is 1. The first-order chi connectivity index (χ1) is 8.31. The van der Waals surface area contributed by atoms with Crippen LogP contribution in [0.2, 0.25) is 0 Å². The summed E-state index contributed by atoms with van der Waals surface area (Å²) in [7, 11) is 0. The van der Waals surface area contributed by atoms with Gasteiger partial charge in [0.1, 0.15) is 0 Å². The summed E-state index contributed by atoms with van der Waals surface area (Å²) in [6, 6.07) is 0. The molecule has 2 heterocycles. The Balaban J connectivity index is 0.00000162. The molecule has 2 saturated heterocycles. The minimum atomic E-state index is 0. The van der Waals surface area contributed by atoms with Crippen LogP contribution in [-0.2, 0) is 9.53 Å². The summed E-state index contributed by atoms with van der Waals surface area (Å²) in [5.74, 6) is 0.571. The molecule has 18 heavy (non-hydrogen) atoms. The average molecular weight is 277 g/mol. The van der Waals surface area contributed by atoms with Crippen LogP contribution in [0, 0.1) is 5.92 Å². The van der Waals surface area contributed by atoms with Crippen molar-refractivity contribution in [2.24, 2.45) is 5.92 Å². The third-order valence-electron chi connectivity index (χ3n) is 3.83. The van der Waals surface area contributed by atoms with E-state index < -0.39 is 0 Å². The van der Waals surface area contributed by atoms with E-state index in [4.69, 9.17) is 4.74 Å². The highest BCUT2D eigenvalue weighted by atomic mass is 35.5. The topological polar surface area (TPSA) is 41.6 Å². The highest BCUT2D eigenvalue weighted by Gasteiger charge is 2.27. The second kappa shape index (κ2) is 7.97. The van der Waals surface area contributed by atoms with Gasteiger partial charge in [0.2, 0.25) is 5.91 Å². The van der Waals surface area contributed by atoms with E-state index in [1.807, 2.05) is 4.90 Å². The Kier molecular flexibility index (Phi) is 6.97. The molecular weight excluding hydrogens is 252 g/mol. The molecule has 5 heteroatoms. The quantitative estimate of drug-likeness (QED) is 0.845. The molecule has 2 rings (SSSR count). The molecule has 0 spiro atoms. The van der Waals surface area contributed by atoms with Crippen LogP contribution in [0.25, 0.3) is 0 Å². The fraction of sp³-hybridized carbons (Fsp3) is 0.923. The molecule has 0 radical (unpaired) electrons. The van der Waals surface area contributed by atoms with E-state index >= 15 is 0 Å². The normalized spacial score (nSPS) is 24.6. The summed E-state index contributed by atoms with van der Waals surface area (Å²) in [5, 5.41) is 3.30. The van der Waals surface area contributed by atoms with Gasteiger partial charge in [0, 0.05) is 25.6 Å². The van der Waals surface area contributed by atoms with Crippen molar-refractivity contribution >= 4 is 18.3 Å². The minimum absolute atomic E-state index is 0. The molecule has 4 nitrogen and oxygen atoms in total. The van der Waals surface area contributed by atoms with E-state index in [2.05, 4.69) is 12.2 Å². The smallest absolute Gasteiger partial charge is 0.225 e. The fourth-order valence-corrected chi connectivity index (χ4v) is 2.74. The number of nitrogens with one attached hydrogen (secondary N) is 1. The average Bonchev–Trinajstić information content (AvgIpc) is 2.89. The van der Waals surface area contributed by atoms with Gasteiger partial charge >= 0.3 is 0 Å². The molecule has 0 bridgehead atoms. The van der Waals surface area contributed by atoms with E-state index in [0.717, 1.165) is 58.5 Å². The molecule has 106 valence electrons. The zero-order valence-corrected chi connectivity index (χ0v) is 12.0. The maximum absolute atomic E-state index is 12.4. The Bertz CT molecular complexity index is 251. The second-order valence-corrected chi connectivity index (χ2v) is 5.04. The molecule has 1 atom stereocenters. The summed E-state index contributed by atoms with van der Waals surface area (Å²) in [5.41, 5.74) is 0. The van der Waals surface area contributed by atoms with Crippen LogP contribution in [0.3, 0.4) is 0 Å². The maximum Gasteiger partial charge on any atom is 0.225 e. The van der Waals surface area contributed by atoms with Crippen molar-refractivity contribution in [3.63, 3.8) is 0 Å². The summed E-state index contributed by atoms with van der Waals surface area (Å²) in [6.45, 7) is 6.49. The van der Waals surface area contributed by atoms with Crippen LogP contribution in [0.1, 0.15) is 32.6 Å². The van der Waals surface area contributed by atoms with E-state index in [-0.39, 0.29) is 24.4 Å². The number of amides is 1. The van der Waals surface area contributed by atoms with Crippen molar-refractivity contribution < 1.29 is 9.53 Å². The lowest BCUT2D eigenvalue weighted by Gasteiger charge is -2.30. The summed E-state index contributed by atoms with van der Waals surface area (Å²) < 4.78 is 5.62. The van der Waals surface area contributed by atoms with Crippen molar-refractivity contribution in [3.8, 4) is 0 Å². The lowest BCUT2D eigenvalue weighted by atomic mass is 9.96. The lowest BCUT2D eigenvalue weighted by molar-refractivity contribution is -0.137. The standard InChI is InChI=1S/C13H24N2O2.ClH/c1-2-15(10-12-4-3-9-17-12)13(16)11-5-7-14-8-6-11;/h11-12,14H,2-10H2,1H3;1H. The van der Waals surface area contributed by atoms with Crippen LogP contribution in [-0.4, -0.2) is 49.7 Å². The number of hydrogen-bond donors (Lipinski definition) is 1. The van der Waals surface area contributed by atoms with Crippen LogP contribution < -0.4 is 5.32 Å². The fourth-order valence-electron chi connectivity index (χ4n) is 2.74. The Hall–Kier alpha value is -0.320. The molecule has 0 aromatic rings. The van der Waals surface area contributed by atoms with Gasteiger partial charge in [0.25, 0.3) is 0 Å². The zero-order valence-electron chi connectivity index (χ0n) is 11.2. The first-order valence-corrected chi connectivity index (χ1v) is 6.92. The summed E-state index contributed by atoms with van der Waals surface area (Å²) >= 11 is 0. The van der Waals surface area contributed by atoms with Crippen LogP contribution in [0.5, 0.6) is 0 Å². The number of ether oxygens (including phenoxy) is 1. The van der Waals surface area contributed by atoms with Gasteiger partial charge in [0.15, 0.2) is 0 Å². The largest absolute Gasteiger partial charge is 0.376 e. The molecule has 1 N–H and O–H groups in total. The van der Waals surface area contributed by atoms with E-state index in [1.54, 1.807) is 0 Å². The van der Waals surface area contributed by atoms with E-state index in [9.17, 15) is 4.79 Å². The number of halogens is 1. The number of hydrogen-bond acceptors (Lipinski definition) is 3. The Morgan fingerprint density at radius 3 is 2.61 bits per heavy atom. The molecule has 2 aliphatic rings. The van der Waals surface area contributed by atoms with Gasteiger partial charge in [-0.2, -0.15) is 0 Å². The number of rotatable bonds is 4. The van der Waals surface area contributed by atoms with Gasteiger partial charge in [0.05, 0.1) is 6.10 Å². The van der Waals surface area contributed by atoms with Crippen LogP contribution in [0.15, 0.2) is 0 Å². The third-order valence-corrected chi connectivity index (χ3v) is 3.83. The van der Waals surface area contributed by atoms with Gasteiger partial charge in [-0.15, -0.1) is 12.4 Å². The lowest BCUT2D eigenvalue weighted by Crippen LogP contribution is -2.43. The monoisotopic (exact) mass is 276 g/mol. The first kappa shape index (κ1) is 15.7. The third kappa shape index (κ3) is 4.11. The molecule has 2 aliphatic heterocycles. The Morgan fingerprint density at radius 1 is 1.33 bits per heavy atom. The van der Waals surface area contributed by atoms with Gasteiger partial charge in [-0.3, -0.25) is 4.79 Å². The van der Waals surface area contributed by atoms with Crippen molar-refractivity contribution in [2.45, 2.75) is 38.7 Å². The van der Waals surface area contributed by atoms with E-state index in [0.29, 0.717) is 5.91 Å². The van der Waals surface area contributed by atoms with Crippen molar-refractivity contribution in [1.29, 1.82) is 0 Å². The number of carbonyl (C=O) groups excluding carboxylic acids is 1. The molecule has 1 unspecified atom stereocenters. The number of likely N-dealkylation sites (N-methyl/N-ethyl adjacent to an activating group) is 1.